The Morgan fingerprint density at radius 3 is 0.716 bits per heavy atom. The van der Waals surface area contributed by atoms with Crippen LogP contribution in [0.5, 0.6) is 0 Å². The monoisotopic (exact) mass is 1140 g/mol. The number of allylic oxidation sites excluding steroid dienone is 6. The lowest BCUT2D eigenvalue weighted by Crippen LogP contribution is -2.30. The van der Waals surface area contributed by atoms with Crippen LogP contribution in [-0.2, 0) is 28.6 Å². The minimum Gasteiger partial charge on any atom is -0.462 e. The molecule has 0 saturated carbocycles. The average Bonchev–Trinajstić information content (AvgIpc) is 3.47. The Kier molecular flexibility index (Phi) is 68.1. The molecule has 0 aliphatic rings. The number of hydrogen-bond donors (Lipinski definition) is 0. The molecule has 6 heteroatoms. The fraction of sp³-hybridized carbons (Fsp3) is 0.880. The van der Waals surface area contributed by atoms with Crippen LogP contribution in [0.15, 0.2) is 36.5 Å². The van der Waals surface area contributed by atoms with Crippen molar-refractivity contribution in [3.05, 3.63) is 36.5 Å². The molecule has 0 bridgehead atoms. The third kappa shape index (κ3) is 68.3. The summed E-state index contributed by atoms with van der Waals surface area (Å²) in [5, 5.41) is 0. The Labute approximate surface area is 506 Å². The topological polar surface area (TPSA) is 78.9 Å². The minimum atomic E-state index is -0.772. The van der Waals surface area contributed by atoms with Crippen molar-refractivity contribution >= 4 is 17.9 Å². The van der Waals surface area contributed by atoms with E-state index in [0.717, 1.165) is 64.2 Å². The lowest BCUT2D eigenvalue weighted by Gasteiger charge is -2.18. The normalized spacial score (nSPS) is 12.2. The Hall–Kier alpha value is -2.37. The SMILES string of the molecule is CCCCC/C=C\C/C=C\CCCCCCCCCCCC(=O)OC(COC(=O)CCCCCCCCCCCCCCCCC)COC(=O)CCCCCCCCCCCCCCCCCCC/C=C\CCCCCCCCCC. The van der Waals surface area contributed by atoms with Gasteiger partial charge in [-0.2, -0.15) is 0 Å². The summed E-state index contributed by atoms with van der Waals surface area (Å²) < 4.78 is 17.0. The third-order valence-electron chi connectivity index (χ3n) is 16.6. The van der Waals surface area contributed by atoms with Crippen molar-refractivity contribution in [2.75, 3.05) is 13.2 Å². The number of rotatable bonds is 68. The van der Waals surface area contributed by atoms with E-state index in [1.807, 2.05) is 0 Å². The zero-order valence-corrected chi connectivity index (χ0v) is 54.8. The number of carbonyl (C=O) groups excluding carboxylic acids is 3. The van der Waals surface area contributed by atoms with Crippen LogP contribution in [0.4, 0.5) is 0 Å². The van der Waals surface area contributed by atoms with Gasteiger partial charge in [0.2, 0.25) is 0 Å². The van der Waals surface area contributed by atoms with Crippen LogP contribution >= 0.6 is 0 Å². The van der Waals surface area contributed by atoms with E-state index in [4.69, 9.17) is 14.2 Å². The standard InChI is InChI=1S/C75H140O6/c1-4-7-10-13-16-19-22-25-28-30-32-33-34-35-36-37-38-39-40-41-43-44-47-50-53-56-59-62-65-68-74(77)80-71-72(70-79-73(76)67-64-61-58-55-52-49-46-27-24-21-18-15-12-9-6-3)81-75(78)69-66-63-60-57-54-51-48-45-42-31-29-26-23-20-17-14-11-8-5-2/h17,20,26,29-30,32,72H,4-16,18-19,21-25,27-28,31,33-71H2,1-3H3/b20-17-,29-26-,32-30-. The first kappa shape index (κ1) is 78.6. The van der Waals surface area contributed by atoms with Gasteiger partial charge in [-0.15, -0.1) is 0 Å². The summed E-state index contributed by atoms with van der Waals surface area (Å²) in [4.78, 5) is 38.5. The molecule has 0 aromatic rings. The highest BCUT2D eigenvalue weighted by atomic mass is 16.6. The number of hydrogen-bond acceptors (Lipinski definition) is 6. The molecule has 81 heavy (non-hydrogen) atoms. The van der Waals surface area contributed by atoms with Crippen LogP contribution in [0.2, 0.25) is 0 Å². The van der Waals surface area contributed by atoms with E-state index in [-0.39, 0.29) is 31.1 Å². The molecule has 1 unspecified atom stereocenters. The van der Waals surface area contributed by atoms with Gasteiger partial charge < -0.3 is 14.2 Å². The van der Waals surface area contributed by atoms with Gasteiger partial charge in [0.05, 0.1) is 0 Å². The number of ether oxygens (including phenoxy) is 3. The second-order valence-electron chi connectivity index (χ2n) is 24.9. The fourth-order valence-electron chi connectivity index (χ4n) is 11.1. The molecule has 476 valence electrons. The highest BCUT2D eigenvalue weighted by molar-refractivity contribution is 5.71. The van der Waals surface area contributed by atoms with E-state index in [2.05, 4.69) is 57.2 Å². The first-order valence-electron chi connectivity index (χ1n) is 36.5. The van der Waals surface area contributed by atoms with E-state index >= 15 is 0 Å². The summed E-state index contributed by atoms with van der Waals surface area (Å²) in [6, 6.07) is 0. The van der Waals surface area contributed by atoms with Crippen LogP contribution < -0.4 is 0 Å². The highest BCUT2D eigenvalue weighted by Crippen LogP contribution is 2.19. The first-order valence-corrected chi connectivity index (χ1v) is 36.5. The molecule has 1 atom stereocenters. The molecule has 0 heterocycles. The highest BCUT2D eigenvalue weighted by Gasteiger charge is 2.19. The molecular weight excluding hydrogens is 997 g/mol. The van der Waals surface area contributed by atoms with Gasteiger partial charge >= 0.3 is 17.9 Å². The van der Waals surface area contributed by atoms with Crippen molar-refractivity contribution in [1.82, 2.24) is 0 Å². The van der Waals surface area contributed by atoms with Gasteiger partial charge in [-0.05, 0) is 77.0 Å². The molecule has 0 aromatic carbocycles. The van der Waals surface area contributed by atoms with Crippen molar-refractivity contribution in [2.45, 2.75) is 412 Å². The summed E-state index contributed by atoms with van der Waals surface area (Å²) in [6.45, 7) is 6.69. The molecule has 0 amide bonds. The smallest absolute Gasteiger partial charge is 0.306 e. The predicted octanol–water partition coefficient (Wildman–Crippen LogP) is 25.1. The molecule has 0 N–H and O–H groups in total. The summed E-state index contributed by atoms with van der Waals surface area (Å²) in [5.41, 5.74) is 0. The molecule has 0 rings (SSSR count). The number of esters is 3. The van der Waals surface area contributed by atoms with Crippen molar-refractivity contribution < 1.29 is 28.6 Å². The zero-order valence-electron chi connectivity index (χ0n) is 54.8. The quantitative estimate of drug-likeness (QED) is 0.0261. The van der Waals surface area contributed by atoms with Gasteiger partial charge in [0.15, 0.2) is 6.10 Å². The minimum absolute atomic E-state index is 0.0680. The van der Waals surface area contributed by atoms with Crippen molar-refractivity contribution in [1.29, 1.82) is 0 Å². The molecule has 0 aliphatic carbocycles. The van der Waals surface area contributed by atoms with Gasteiger partial charge in [0, 0.05) is 19.3 Å². The average molecular weight is 1140 g/mol. The Morgan fingerprint density at radius 2 is 0.444 bits per heavy atom. The van der Waals surface area contributed by atoms with E-state index in [1.54, 1.807) is 0 Å². The van der Waals surface area contributed by atoms with E-state index < -0.39 is 6.10 Å². The molecule has 0 aromatic heterocycles. The van der Waals surface area contributed by atoms with E-state index in [9.17, 15) is 14.4 Å². The van der Waals surface area contributed by atoms with Crippen LogP contribution in [0.1, 0.15) is 406 Å². The maximum absolute atomic E-state index is 13.0. The van der Waals surface area contributed by atoms with Crippen molar-refractivity contribution in [2.24, 2.45) is 0 Å². The molecule has 0 saturated heterocycles. The van der Waals surface area contributed by atoms with Crippen LogP contribution in [0, 0.1) is 0 Å². The molecule has 6 nitrogen and oxygen atoms in total. The predicted molar refractivity (Wildman–Crippen MR) is 353 cm³/mol. The largest absolute Gasteiger partial charge is 0.462 e. The van der Waals surface area contributed by atoms with Gasteiger partial charge in [0.1, 0.15) is 13.2 Å². The second kappa shape index (κ2) is 70.1. The fourth-order valence-corrected chi connectivity index (χ4v) is 11.1. The second-order valence-corrected chi connectivity index (χ2v) is 24.9. The molecule has 0 spiro atoms. The summed E-state index contributed by atoms with van der Waals surface area (Å²) in [7, 11) is 0. The van der Waals surface area contributed by atoms with Crippen LogP contribution in [-0.4, -0.2) is 37.2 Å². The summed E-state index contributed by atoms with van der Waals surface area (Å²) >= 11 is 0. The third-order valence-corrected chi connectivity index (χ3v) is 16.6. The van der Waals surface area contributed by atoms with Crippen molar-refractivity contribution in [3.8, 4) is 0 Å². The van der Waals surface area contributed by atoms with Crippen LogP contribution in [0.3, 0.4) is 0 Å². The first-order chi connectivity index (χ1) is 40.0. The van der Waals surface area contributed by atoms with Crippen molar-refractivity contribution in [3.63, 3.8) is 0 Å². The lowest BCUT2D eigenvalue weighted by molar-refractivity contribution is -0.167. The van der Waals surface area contributed by atoms with E-state index in [0.29, 0.717) is 19.3 Å². The summed E-state index contributed by atoms with van der Waals surface area (Å²) in [6.07, 6.45) is 87.5. The maximum atomic E-state index is 13.0. The zero-order chi connectivity index (χ0) is 58.5. The van der Waals surface area contributed by atoms with Gasteiger partial charge in [-0.3, -0.25) is 14.4 Å². The van der Waals surface area contributed by atoms with E-state index in [1.165, 1.54) is 302 Å². The Balaban J connectivity index is 4.21. The van der Waals surface area contributed by atoms with Gasteiger partial charge in [-0.25, -0.2) is 0 Å². The lowest BCUT2D eigenvalue weighted by atomic mass is 10.0. The number of unbranched alkanes of at least 4 members (excludes halogenated alkanes) is 51. The molecule has 0 fully saturated rings. The Bertz CT molecular complexity index is 1350. The maximum Gasteiger partial charge on any atom is 0.306 e. The molecule has 0 radical (unpaired) electrons. The molecule has 0 aliphatic heterocycles. The Morgan fingerprint density at radius 1 is 0.247 bits per heavy atom. The summed E-state index contributed by atoms with van der Waals surface area (Å²) in [5.74, 6) is -0.841. The number of carbonyl (C=O) groups is 3. The van der Waals surface area contributed by atoms with Gasteiger partial charge in [-0.1, -0.05) is 346 Å². The molecular formula is C75H140O6. The van der Waals surface area contributed by atoms with Crippen LogP contribution in [0.25, 0.3) is 0 Å². The van der Waals surface area contributed by atoms with Gasteiger partial charge in [0.25, 0.3) is 0 Å².